The summed E-state index contributed by atoms with van der Waals surface area (Å²) in [5.74, 6) is -1.92. The Morgan fingerprint density at radius 2 is 1.79 bits per heavy atom. The van der Waals surface area contributed by atoms with Gasteiger partial charge >= 0.3 is 6.18 Å². The number of piperidine rings is 1. The normalized spacial score (nSPS) is 18.7. The first kappa shape index (κ1) is 32.1. The lowest BCUT2D eigenvalue weighted by atomic mass is 9.88. The molecule has 0 N–H and O–H groups in total. The average molecular weight is 665 g/mol. The molecule has 2 aliphatic heterocycles. The Morgan fingerprint density at radius 3 is 2.52 bits per heavy atom. The lowest BCUT2D eigenvalue weighted by molar-refractivity contribution is -0.138. The highest BCUT2D eigenvalue weighted by Crippen LogP contribution is 2.48. The van der Waals surface area contributed by atoms with Gasteiger partial charge in [0.05, 0.1) is 48.4 Å². The molecule has 1 spiro atoms. The molecule has 0 amide bonds. The van der Waals surface area contributed by atoms with Crippen LogP contribution in [0.4, 0.5) is 27.6 Å². The highest BCUT2D eigenvalue weighted by molar-refractivity contribution is 5.84. The molecule has 2 saturated heterocycles. The quantitative estimate of drug-likeness (QED) is 0.180. The van der Waals surface area contributed by atoms with Gasteiger partial charge in [-0.05, 0) is 68.0 Å². The highest BCUT2D eigenvalue weighted by Gasteiger charge is 2.45. The Balaban J connectivity index is 1.29. The Labute approximate surface area is 274 Å². The second kappa shape index (κ2) is 13.2. The number of anilines is 1. The van der Waals surface area contributed by atoms with Crippen LogP contribution in [0.25, 0.3) is 23.2 Å². The number of rotatable bonds is 8. The van der Waals surface area contributed by atoms with Crippen LogP contribution in [0, 0.1) is 11.7 Å². The summed E-state index contributed by atoms with van der Waals surface area (Å²) in [4.78, 5) is 12.4. The molecule has 250 valence electrons. The summed E-state index contributed by atoms with van der Waals surface area (Å²) in [6.07, 6.45) is 5.41. The van der Waals surface area contributed by atoms with E-state index in [1.165, 1.54) is 61.9 Å². The van der Waals surface area contributed by atoms with E-state index >= 15 is 17.6 Å². The van der Waals surface area contributed by atoms with Crippen LogP contribution in [-0.2, 0) is 10.9 Å². The van der Waals surface area contributed by atoms with Gasteiger partial charge in [-0.3, -0.25) is 4.98 Å². The molecule has 1 aliphatic carbocycles. The van der Waals surface area contributed by atoms with Crippen LogP contribution in [-0.4, -0.2) is 70.0 Å². The van der Waals surface area contributed by atoms with E-state index in [-0.39, 0.29) is 42.4 Å². The Kier molecular flexibility index (Phi) is 8.82. The Morgan fingerprint density at radius 1 is 0.979 bits per heavy atom. The molecule has 48 heavy (non-hydrogen) atoms. The van der Waals surface area contributed by atoms with Gasteiger partial charge in [-0.25, -0.2) is 13.8 Å². The summed E-state index contributed by atoms with van der Waals surface area (Å²) < 4.78 is 88.0. The molecule has 3 fully saturated rings. The maximum absolute atomic E-state index is 16.0. The molecular weight excluding hydrogens is 631 g/mol. The van der Waals surface area contributed by atoms with Gasteiger partial charge in [0.2, 0.25) is 0 Å². The first-order valence-corrected chi connectivity index (χ1v) is 15.9. The Bertz CT molecular complexity index is 1790. The number of alkyl halides is 3. The third kappa shape index (κ3) is 7.02. The second-order valence-electron chi connectivity index (χ2n) is 12.5. The average Bonchev–Trinajstić information content (AvgIpc) is 3.91. The van der Waals surface area contributed by atoms with Crippen molar-refractivity contribution in [1.82, 2.24) is 25.1 Å². The van der Waals surface area contributed by atoms with Crippen LogP contribution < -0.4 is 9.64 Å². The van der Waals surface area contributed by atoms with Crippen molar-refractivity contribution < 1.29 is 31.4 Å². The molecule has 0 unspecified atom stereocenters. The van der Waals surface area contributed by atoms with E-state index in [4.69, 9.17) is 9.47 Å². The van der Waals surface area contributed by atoms with Crippen molar-refractivity contribution in [1.29, 1.82) is 0 Å². The van der Waals surface area contributed by atoms with Gasteiger partial charge in [-0.1, -0.05) is 12.1 Å². The maximum atomic E-state index is 16.0. The van der Waals surface area contributed by atoms with Crippen LogP contribution >= 0.6 is 0 Å². The predicted octanol–water partition coefficient (Wildman–Crippen LogP) is 7.43. The highest BCUT2D eigenvalue weighted by atomic mass is 19.4. The van der Waals surface area contributed by atoms with E-state index in [1.807, 2.05) is 0 Å². The lowest BCUT2D eigenvalue weighted by Gasteiger charge is -2.48. The van der Waals surface area contributed by atoms with E-state index in [2.05, 4.69) is 25.1 Å². The van der Waals surface area contributed by atoms with Crippen LogP contribution in [0.2, 0.25) is 0 Å². The van der Waals surface area contributed by atoms with Crippen LogP contribution in [0.3, 0.4) is 0 Å². The molecule has 2 aromatic heterocycles. The minimum absolute atomic E-state index is 0.0401. The molecule has 4 heterocycles. The fourth-order valence-electron chi connectivity index (χ4n) is 6.47. The molecule has 0 bridgehead atoms. The molecular formula is C35H33F5N6O2. The van der Waals surface area contributed by atoms with E-state index in [0.29, 0.717) is 24.1 Å². The van der Waals surface area contributed by atoms with Crippen molar-refractivity contribution in [3.63, 3.8) is 0 Å². The summed E-state index contributed by atoms with van der Waals surface area (Å²) in [6.45, 7) is 3.10. The summed E-state index contributed by atoms with van der Waals surface area (Å²) in [6, 6.07) is 9.33. The van der Waals surface area contributed by atoms with Crippen molar-refractivity contribution in [2.45, 2.75) is 37.5 Å². The largest absolute Gasteiger partial charge is 0.454 e. The number of hydrogen-bond donors (Lipinski definition) is 0. The van der Waals surface area contributed by atoms with Gasteiger partial charge < -0.3 is 19.3 Å². The van der Waals surface area contributed by atoms with Gasteiger partial charge in [0.15, 0.2) is 17.4 Å². The topological polar surface area (TPSA) is 76.5 Å². The number of hydrogen-bond acceptors (Lipinski definition) is 8. The van der Waals surface area contributed by atoms with E-state index in [1.54, 1.807) is 11.0 Å². The third-order valence-corrected chi connectivity index (χ3v) is 9.10. The van der Waals surface area contributed by atoms with Crippen molar-refractivity contribution in [3.8, 4) is 22.8 Å². The van der Waals surface area contributed by atoms with E-state index in [0.717, 1.165) is 43.8 Å². The smallest absolute Gasteiger partial charge is 0.422 e. The van der Waals surface area contributed by atoms with Crippen molar-refractivity contribution >= 4 is 17.6 Å². The van der Waals surface area contributed by atoms with Crippen LogP contribution in [0.15, 0.2) is 67.3 Å². The summed E-state index contributed by atoms with van der Waals surface area (Å²) in [5.41, 5.74) is -1.40. The summed E-state index contributed by atoms with van der Waals surface area (Å²) in [7, 11) is 0. The zero-order valence-corrected chi connectivity index (χ0v) is 26.0. The standard InChI is InChI=1S/C35H33F5N6O2/c36-26-3-1-2-4-30(26)48-31-8-7-24(17-27(37)29-20-41-19-28(44-29)25-9-12-42-43-18-25)33(32(31)35(38,39)40)46-15-16-47-34(22-46)10-13-45(14-11-34)21-23-5-6-23/h1-4,7-9,12,17-20,23H,5-6,10-11,13-16,21-22H2/b27-17-. The number of likely N-dealkylation sites (tertiary alicyclic amines) is 1. The number of halogens is 5. The summed E-state index contributed by atoms with van der Waals surface area (Å²) in [5, 5.41) is 7.54. The first-order chi connectivity index (χ1) is 23.2. The fourth-order valence-corrected chi connectivity index (χ4v) is 6.47. The number of morpholine rings is 1. The van der Waals surface area contributed by atoms with Crippen LogP contribution in [0.1, 0.15) is 42.5 Å². The number of para-hydroxylation sites is 1. The fraction of sp³-hybridized carbons (Fsp3) is 0.371. The van der Waals surface area contributed by atoms with Gasteiger partial charge in [-0.15, -0.1) is 0 Å². The Hall–Kier alpha value is -4.49. The first-order valence-electron chi connectivity index (χ1n) is 15.9. The van der Waals surface area contributed by atoms with E-state index in [9.17, 15) is 4.39 Å². The van der Waals surface area contributed by atoms with Gasteiger partial charge in [0.25, 0.3) is 0 Å². The molecule has 3 aliphatic rings. The summed E-state index contributed by atoms with van der Waals surface area (Å²) >= 11 is 0. The molecule has 13 heteroatoms. The van der Waals surface area contributed by atoms with E-state index < -0.39 is 34.7 Å². The molecule has 0 radical (unpaired) electrons. The minimum Gasteiger partial charge on any atom is -0.454 e. The third-order valence-electron chi connectivity index (χ3n) is 9.10. The molecule has 4 aromatic rings. The molecule has 0 atom stereocenters. The number of nitrogens with zero attached hydrogens (tertiary/aromatic N) is 6. The van der Waals surface area contributed by atoms with Gasteiger partial charge in [-0.2, -0.15) is 23.4 Å². The molecule has 2 aromatic carbocycles. The van der Waals surface area contributed by atoms with Gasteiger partial charge in [0, 0.05) is 43.9 Å². The number of aromatic nitrogens is 4. The number of benzene rings is 2. The number of ether oxygens (including phenoxy) is 2. The zero-order valence-electron chi connectivity index (χ0n) is 26.0. The molecule has 7 rings (SSSR count). The monoisotopic (exact) mass is 664 g/mol. The second-order valence-corrected chi connectivity index (χ2v) is 12.5. The maximum Gasteiger partial charge on any atom is 0.422 e. The van der Waals surface area contributed by atoms with Gasteiger partial charge in [0.1, 0.15) is 17.0 Å². The molecule has 8 nitrogen and oxygen atoms in total. The van der Waals surface area contributed by atoms with Crippen molar-refractivity contribution in [3.05, 3.63) is 89.9 Å². The lowest BCUT2D eigenvalue weighted by Crippen LogP contribution is -2.57. The van der Waals surface area contributed by atoms with Crippen molar-refractivity contribution in [2.24, 2.45) is 5.92 Å². The zero-order chi connectivity index (χ0) is 33.3. The molecule has 1 saturated carbocycles. The predicted molar refractivity (Wildman–Crippen MR) is 169 cm³/mol. The minimum atomic E-state index is -4.94. The van der Waals surface area contributed by atoms with Crippen LogP contribution in [0.5, 0.6) is 11.5 Å². The van der Waals surface area contributed by atoms with Crippen molar-refractivity contribution in [2.75, 3.05) is 44.2 Å². The SMILES string of the molecule is F/C(=C\c1ccc(Oc2ccccc2F)c(C(F)(F)F)c1N1CCOC2(CCN(CC3CC3)CC2)C1)c1cncc(-c2ccnnc2)n1.